The summed E-state index contributed by atoms with van der Waals surface area (Å²) in [5, 5.41) is 0. The molecular weight excluding hydrogens is 126 g/mol. The lowest BCUT2D eigenvalue weighted by molar-refractivity contribution is 0.911. The molecule has 0 aliphatic carbocycles. The fourth-order valence-electron chi connectivity index (χ4n) is 0.655. The van der Waals surface area contributed by atoms with Crippen LogP contribution < -0.4 is 0 Å². The van der Waals surface area contributed by atoms with Crippen molar-refractivity contribution in [1.29, 1.82) is 0 Å². The Kier molecular flexibility index (Phi) is 2.20. The van der Waals surface area contributed by atoms with E-state index in [9.17, 15) is 0 Å². The van der Waals surface area contributed by atoms with Crippen LogP contribution in [-0.4, -0.2) is 15.8 Å². The monoisotopic (exact) mass is 137 g/mol. The molecule has 54 valence electrons. The Labute approximate surface area is 60.4 Å². The number of nitrogens with zero attached hydrogens (tertiary/aromatic N) is 3. The Morgan fingerprint density at radius 2 is 2.60 bits per heavy atom. The molecule has 0 aliphatic rings. The van der Waals surface area contributed by atoms with E-state index < -0.39 is 0 Å². The molecule has 1 aromatic heterocycles. The molecule has 1 heterocycles. The topological polar surface area (TPSA) is 30.2 Å². The van der Waals surface area contributed by atoms with Gasteiger partial charge in [0.05, 0.1) is 0 Å². The number of hydrogen-bond donors (Lipinski definition) is 0. The second-order valence-corrected chi connectivity index (χ2v) is 2.06. The van der Waals surface area contributed by atoms with Gasteiger partial charge in [-0.3, -0.25) is 0 Å². The van der Waals surface area contributed by atoms with E-state index in [2.05, 4.69) is 9.98 Å². The molecule has 3 heteroatoms. The first-order valence-corrected chi connectivity index (χ1v) is 3.34. The van der Waals surface area contributed by atoms with Crippen LogP contribution in [0.1, 0.15) is 13.3 Å². The van der Waals surface area contributed by atoms with Crippen molar-refractivity contribution in [2.45, 2.75) is 13.3 Å². The van der Waals surface area contributed by atoms with Crippen molar-refractivity contribution < 1.29 is 0 Å². The van der Waals surface area contributed by atoms with Crippen LogP contribution in [0.2, 0.25) is 0 Å². The lowest BCUT2D eigenvalue weighted by atomic mass is 10.5. The second kappa shape index (κ2) is 3.15. The van der Waals surface area contributed by atoms with E-state index in [-0.39, 0.29) is 0 Å². The van der Waals surface area contributed by atoms with Crippen LogP contribution in [-0.2, 0) is 7.05 Å². The number of hydrogen-bond acceptors (Lipinski definition) is 2. The summed E-state index contributed by atoms with van der Waals surface area (Å²) < 4.78 is 1.88. The molecule has 10 heavy (non-hydrogen) atoms. The summed E-state index contributed by atoms with van der Waals surface area (Å²) in [5.41, 5.74) is 0. The first kappa shape index (κ1) is 6.99. The minimum absolute atomic E-state index is 0.766. The van der Waals surface area contributed by atoms with Crippen LogP contribution >= 0.6 is 0 Å². The lowest BCUT2D eigenvalue weighted by Gasteiger charge is -1.90. The smallest absolute Gasteiger partial charge is 0.228 e. The summed E-state index contributed by atoms with van der Waals surface area (Å²) in [6, 6.07) is 0. The Bertz CT molecular complexity index is 225. The van der Waals surface area contributed by atoms with Gasteiger partial charge < -0.3 is 4.57 Å². The zero-order valence-electron chi connectivity index (χ0n) is 6.28. The van der Waals surface area contributed by atoms with Crippen molar-refractivity contribution in [1.82, 2.24) is 9.55 Å². The summed E-state index contributed by atoms with van der Waals surface area (Å²) in [6.07, 6.45) is 6.42. The number of imidazole rings is 1. The highest BCUT2D eigenvalue weighted by Gasteiger charge is 1.90. The average molecular weight is 137 g/mol. The van der Waals surface area contributed by atoms with Crippen LogP contribution in [0, 0.1) is 0 Å². The zero-order valence-corrected chi connectivity index (χ0v) is 6.28. The molecule has 1 rings (SSSR count). The van der Waals surface area contributed by atoms with Crippen molar-refractivity contribution in [3.8, 4) is 0 Å². The first-order chi connectivity index (χ1) is 4.84. The lowest BCUT2D eigenvalue weighted by Crippen LogP contribution is -1.83. The third-order valence-electron chi connectivity index (χ3n) is 1.19. The molecule has 0 unspecified atom stereocenters. The minimum Gasteiger partial charge on any atom is -0.319 e. The maximum absolute atomic E-state index is 4.11. The first-order valence-electron chi connectivity index (χ1n) is 3.34. The van der Waals surface area contributed by atoms with Gasteiger partial charge in [-0.1, -0.05) is 6.92 Å². The van der Waals surface area contributed by atoms with Gasteiger partial charge in [0.1, 0.15) is 0 Å². The van der Waals surface area contributed by atoms with Crippen molar-refractivity contribution >= 4 is 12.2 Å². The van der Waals surface area contributed by atoms with Gasteiger partial charge in [0, 0.05) is 25.7 Å². The molecule has 0 aliphatic heterocycles. The zero-order chi connectivity index (χ0) is 7.40. The number of aryl methyl sites for hydroxylation is 1. The predicted molar refractivity (Wildman–Crippen MR) is 41.7 cm³/mol. The van der Waals surface area contributed by atoms with Gasteiger partial charge in [-0.2, -0.15) is 0 Å². The van der Waals surface area contributed by atoms with E-state index in [1.54, 1.807) is 6.20 Å². The Morgan fingerprint density at radius 3 is 3.10 bits per heavy atom. The molecular formula is C7H11N3. The van der Waals surface area contributed by atoms with Gasteiger partial charge in [0.15, 0.2) is 0 Å². The van der Waals surface area contributed by atoms with Crippen LogP contribution in [0.3, 0.4) is 0 Å². The molecule has 0 saturated heterocycles. The van der Waals surface area contributed by atoms with Crippen LogP contribution in [0.4, 0.5) is 5.95 Å². The van der Waals surface area contributed by atoms with E-state index in [0.29, 0.717) is 0 Å². The van der Waals surface area contributed by atoms with Crippen molar-refractivity contribution in [3.05, 3.63) is 12.4 Å². The molecule has 0 radical (unpaired) electrons. The largest absolute Gasteiger partial charge is 0.319 e. The molecule has 3 nitrogen and oxygen atoms in total. The maximum atomic E-state index is 4.11. The van der Waals surface area contributed by atoms with E-state index in [0.717, 1.165) is 12.4 Å². The van der Waals surface area contributed by atoms with Crippen LogP contribution in [0.15, 0.2) is 17.4 Å². The number of aromatic nitrogens is 2. The van der Waals surface area contributed by atoms with Crippen molar-refractivity contribution in [3.63, 3.8) is 0 Å². The molecule has 0 N–H and O–H groups in total. The van der Waals surface area contributed by atoms with Crippen molar-refractivity contribution in [2.75, 3.05) is 0 Å². The average Bonchev–Trinajstić information content (AvgIpc) is 2.31. The minimum atomic E-state index is 0.766. The van der Waals surface area contributed by atoms with Gasteiger partial charge in [-0.05, 0) is 6.42 Å². The Morgan fingerprint density at radius 1 is 1.80 bits per heavy atom. The number of aliphatic imine (C=N–C) groups is 1. The third kappa shape index (κ3) is 1.43. The molecule has 1 aromatic rings. The van der Waals surface area contributed by atoms with E-state index in [4.69, 9.17) is 0 Å². The van der Waals surface area contributed by atoms with Gasteiger partial charge in [-0.15, -0.1) is 0 Å². The highest BCUT2D eigenvalue weighted by molar-refractivity contribution is 5.60. The highest BCUT2D eigenvalue weighted by Crippen LogP contribution is 2.03. The Balaban J connectivity index is 2.74. The van der Waals surface area contributed by atoms with E-state index in [1.165, 1.54) is 0 Å². The second-order valence-electron chi connectivity index (χ2n) is 2.06. The summed E-state index contributed by atoms with van der Waals surface area (Å²) in [7, 11) is 1.93. The number of rotatable bonds is 2. The third-order valence-corrected chi connectivity index (χ3v) is 1.19. The SMILES string of the molecule is CC/C=N\c1nccn1C. The summed E-state index contributed by atoms with van der Waals surface area (Å²) in [5.74, 6) is 0.766. The standard InChI is InChI=1S/C7H11N3/c1-3-4-8-7-9-5-6-10(7)2/h4-6H,3H2,1-2H3/b8-4-. The van der Waals surface area contributed by atoms with Crippen LogP contribution in [0.5, 0.6) is 0 Å². The van der Waals surface area contributed by atoms with Gasteiger partial charge >= 0.3 is 0 Å². The predicted octanol–water partition coefficient (Wildman–Crippen LogP) is 1.53. The van der Waals surface area contributed by atoms with Gasteiger partial charge in [-0.25, -0.2) is 9.98 Å². The maximum Gasteiger partial charge on any atom is 0.228 e. The highest BCUT2D eigenvalue weighted by atomic mass is 15.1. The fraction of sp³-hybridized carbons (Fsp3) is 0.429. The van der Waals surface area contributed by atoms with E-state index in [1.807, 2.05) is 30.9 Å². The molecule has 0 spiro atoms. The quantitative estimate of drug-likeness (QED) is 0.568. The van der Waals surface area contributed by atoms with Crippen LogP contribution in [0.25, 0.3) is 0 Å². The summed E-state index contributed by atoms with van der Waals surface area (Å²) >= 11 is 0. The molecule has 0 aromatic carbocycles. The summed E-state index contributed by atoms with van der Waals surface area (Å²) in [6.45, 7) is 2.05. The molecule has 0 saturated carbocycles. The molecule has 0 atom stereocenters. The van der Waals surface area contributed by atoms with E-state index >= 15 is 0 Å². The normalized spacial score (nSPS) is 11.0. The molecule has 0 fully saturated rings. The summed E-state index contributed by atoms with van der Waals surface area (Å²) in [4.78, 5) is 8.13. The fourth-order valence-corrected chi connectivity index (χ4v) is 0.655. The molecule has 0 bridgehead atoms. The van der Waals surface area contributed by atoms with Crippen molar-refractivity contribution in [2.24, 2.45) is 12.0 Å². The Hall–Kier alpha value is -1.12. The molecule has 0 amide bonds. The van der Waals surface area contributed by atoms with Gasteiger partial charge in [0.25, 0.3) is 0 Å². The van der Waals surface area contributed by atoms with Gasteiger partial charge in [0.2, 0.25) is 5.95 Å².